The average molecular weight is 388 g/mol. The van der Waals surface area contributed by atoms with Gasteiger partial charge < -0.3 is 5.32 Å². The molecular formula is C13H14BrN3O2S2. The molecule has 0 amide bonds. The number of hydrogen-bond acceptors (Lipinski definition) is 5. The second-order valence-corrected chi connectivity index (χ2v) is 8.40. The molecule has 3 rings (SSSR count). The molecular weight excluding hydrogens is 374 g/mol. The molecule has 2 aromatic heterocycles. The average Bonchev–Trinajstić information content (AvgIpc) is 3.14. The van der Waals surface area contributed by atoms with Crippen LogP contribution < -0.4 is 10.0 Å². The zero-order valence-corrected chi connectivity index (χ0v) is 14.3. The number of pyridine rings is 1. The van der Waals surface area contributed by atoms with Crippen LogP contribution in [0.1, 0.15) is 17.7 Å². The van der Waals surface area contributed by atoms with E-state index in [-0.39, 0.29) is 0 Å². The molecule has 21 heavy (non-hydrogen) atoms. The third kappa shape index (κ3) is 3.82. The highest BCUT2D eigenvalue weighted by Crippen LogP contribution is 2.26. The second kappa shape index (κ2) is 6.04. The van der Waals surface area contributed by atoms with Crippen molar-refractivity contribution in [3.05, 3.63) is 39.1 Å². The Bertz CT molecular complexity index is 724. The number of rotatable bonds is 6. The number of sulfonamides is 1. The molecule has 112 valence electrons. The summed E-state index contributed by atoms with van der Waals surface area (Å²) in [7, 11) is -3.60. The Balaban J connectivity index is 1.77. The molecule has 1 fully saturated rings. The standard InChI is InChI=1S/C13H14BrN3O2S2/c14-9-1-4-13(16-7-9)17-21(18,19)12-5-6-20-11(12)8-15-10-2-3-10/h1,4-7,10,15H,2-3,8H2,(H,16,17). The van der Waals surface area contributed by atoms with Crippen LogP contribution in [-0.2, 0) is 16.6 Å². The van der Waals surface area contributed by atoms with Crippen LogP contribution in [0.15, 0.2) is 39.1 Å². The van der Waals surface area contributed by atoms with E-state index >= 15 is 0 Å². The van der Waals surface area contributed by atoms with Crippen molar-refractivity contribution >= 4 is 43.1 Å². The van der Waals surface area contributed by atoms with Gasteiger partial charge in [-0.1, -0.05) is 0 Å². The molecule has 0 bridgehead atoms. The number of aromatic nitrogens is 1. The molecule has 1 saturated carbocycles. The van der Waals surface area contributed by atoms with E-state index in [0.29, 0.717) is 23.3 Å². The summed E-state index contributed by atoms with van der Waals surface area (Å²) in [6.45, 7) is 0.590. The number of thiophene rings is 1. The molecule has 8 heteroatoms. The maximum atomic E-state index is 12.4. The minimum Gasteiger partial charge on any atom is -0.309 e. The van der Waals surface area contributed by atoms with Crippen LogP contribution in [-0.4, -0.2) is 19.4 Å². The van der Waals surface area contributed by atoms with Gasteiger partial charge in [0, 0.05) is 28.1 Å². The second-order valence-electron chi connectivity index (χ2n) is 4.83. The van der Waals surface area contributed by atoms with Gasteiger partial charge in [0.25, 0.3) is 10.0 Å². The number of nitrogens with zero attached hydrogens (tertiary/aromatic N) is 1. The van der Waals surface area contributed by atoms with Crippen molar-refractivity contribution in [1.29, 1.82) is 0 Å². The molecule has 0 radical (unpaired) electrons. The van der Waals surface area contributed by atoms with E-state index in [1.165, 1.54) is 24.2 Å². The maximum absolute atomic E-state index is 12.4. The quantitative estimate of drug-likeness (QED) is 0.798. The smallest absolute Gasteiger partial charge is 0.264 e. The fourth-order valence-electron chi connectivity index (χ4n) is 1.85. The molecule has 1 aliphatic carbocycles. The largest absolute Gasteiger partial charge is 0.309 e. The molecule has 5 nitrogen and oxygen atoms in total. The van der Waals surface area contributed by atoms with E-state index in [1.807, 2.05) is 0 Å². The van der Waals surface area contributed by atoms with Gasteiger partial charge >= 0.3 is 0 Å². The van der Waals surface area contributed by atoms with Gasteiger partial charge in [0.15, 0.2) is 0 Å². The van der Waals surface area contributed by atoms with Crippen LogP contribution in [0.2, 0.25) is 0 Å². The van der Waals surface area contributed by atoms with E-state index in [0.717, 1.165) is 9.35 Å². The molecule has 0 aromatic carbocycles. The third-order valence-corrected chi connectivity index (χ3v) is 6.05. The third-order valence-electron chi connectivity index (χ3n) is 3.09. The van der Waals surface area contributed by atoms with Gasteiger partial charge in [-0.2, -0.15) is 0 Å². The lowest BCUT2D eigenvalue weighted by molar-refractivity contribution is 0.598. The zero-order valence-electron chi connectivity index (χ0n) is 11.0. The Kier molecular flexibility index (Phi) is 4.30. The predicted octanol–water partition coefficient (Wildman–Crippen LogP) is 2.96. The minimum atomic E-state index is -3.60. The zero-order chi connectivity index (χ0) is 14.9. The van der Waals surface area contributed by atoms with Crippen LogP contribution >= 0.6 is 27.3 Å². The topological polar surface area (TPSA) is 71.1 Å². The molecule has 0 unspecified atom stereocenters. The van der Waals surface area contributed by atoms with Crippen LogP contribution in [0.3, 0.4) is 0 Å². The van der Waals surface area contributed by atoms with Gasteiger partial charge in [-0.25, -0.2) is 13.4 Å². The fraction of sp³-hybridized carbons (Fsp3) is 0.308. The SMILES string of the molecule is O=S(=O)(Nc1ccc(Br)cn1)c1ccsc1CNC1CC1. The van der Waals surface area contributed by atoms with E-state index < -0.39 is 10.0 Å². The molecule has 0 aliphatic heterocycles. The van der Waals surface area contributed by atoms with Crippen molar-refractivity contribution < 1.29 is 8.42 Å². The first-order valence-corrected chi connectivity index (χ1v) is 9.64. The van der Waals surface area contributed by atoms with Crippen LogP contribution in [0, 0.1) is 0 Å². The van der Waals surface area contributed by atoms with Gasteiger partial charge in [-0.05, 0) is 52.4 Å². The number of halogens is 1. The van der Waals surface area contributed by atoms with Crippen LogP contribution in [0.4, 0.5) is 5.82 Å². The number of anilines is 1. The molecule has 0 spiro atoms. The Labute approximate surface area is 136 Å². The lowest BCUT2D eigenvalue weighted by atomic mass is 10.4. The Morgan fingerprint density at radius 3 is 2.81 bits per heavy atom. The normalized spacial score (nSPS) is 15.1. The summed E-state index contributed by atoms with van der Waals surface area (Å²) in [5, 5.41) is 5.14. The molecule has 2 aromatic rings. The minimum absolute atomic E-state index is 0.311. The van der Waals surface area contributed by atoms with Gasteiger partial charge in [-0.3, -0.25) is 4.72 Å². The summed E-state index contributed by atoms with van der Waals surface area (Å²) in [6, 6.07) is 5.55. The van der Waals surface area contributed by atoms with Gasteiger partial charge in [0.2, 0.25) is 0 Å². The van der Waals surface area contributed by atoms with Crippen molar-refractivity contribution in [2.75, 3.05) is 4.72 Å². The van der Waals surface area contributed by atoms with E-state index in [2.05, 4.69) is 31.0 Å². The van der Waals surface area contributed by atoms with E-state index in [4.69, 9.17) is 0 Å². The first kappa shape index (κ1) is 15.0. The lowest BCUT2D eigenvalue weighted by Crippen LogP contribution is -2.19. The summed E-state index contributed by atoms with van der Waals surface area (Å²) in [4.78, 5) is 5.19. The van der Waals surface area contributed by atoms with Crippen molar-refractivity contribution in [2.45, 2.75) is 30.3 Å². The summed E-state index contributed by atoms with van der Waals surface area (Å²) in [5.74, 6) is 0.311. The maximum Gasteiger partial charge on any atom is 0.264 e. The lowest BCUT2D eigenvalue weighted by Gasteiger charge is -2.08. The molecule has 2 N–H and O–H groups in total. The van der Waals surface area contributed by atoms with Gasteiger partial charge in [-0.15, -0.1) is 11.3 Å². The van der Waals surface area contributed by atoms with Crippen molar-refractivity contribution in [2.24, 2.45) is 0 Å². The predicted molar refractivity (Wildman–Crippen MR) is 86.9 cm³/mol. The summed E-state index contributed by atoms with van der Waals surface area (Å²) in [5.41, 5.74) is 0. The highest BCUT2D eigenvalue weighted by Gasteiger charge is 2.24. The first-order chi connectivity index (χ1) is 10.0. The highest BCUT2D eigenvalue weighted by molar-refractivity contribution is 9.10. The monoisotopic (exact) mass is 387 g/mol. The van der Waals surface area contributed by atoms with E-state index in [9.17, 15) is 8.42 Å². The highest BCUT2D eigenvalue weighted by atomic mass is 79.9. The Hall–Kier alpha value is -0.960. The van der Waals surface area contributed by atoms with Crippen molar-refractivity contribution in [3.63, 3.8) is 0 Å². The van der Waals surface area contributed by atoms with Gasteiger partial charge in [0.1, 0.15) is 10.7 Å². The van der Waals surface area contributed by atoms with Gasteiger partial charge in [0.05, 0.1) is 0 Å². The van der Waals surface area contributed by atoms with Crippen molar-refractivity contribution in [1.82, 2.24) is 10.3 Å². The van der Waals surface area contributed by atoms with Crippen molar-refractivity contribution in [3.8, 4) is 0 Å². The molecule has 0 atom stereocenters. The summed E-state index contributed by atoms with van der Waals surface area (Å²) in [6.07, 6.45) is 3.91. The molecule has 0 saturated heterocycles. The summed E-state index contributed by atoms with van der Waals surface area (Å²) >= 11 is 4.72. The Morgan fingerprint density at radius 1 is 1.33 bits per heavy atom. The molecule has 1 aliphatic rings. The van der Waals surface area contributed by atoms with Crippen LogP contribution in [0.25, 0.3) is 0 Å². The number of nitrogens with one attached hydrogen (secondary N) is 2. The summed E-state index contributed by atoms with van der Waals surface area (Å²) < 4.78 is 28.2. The molecule has 2 heterocycles. The van der Waals surface area contributed by atoms with E-state index in [1.54, 1.807) is 29.8 Å². The fourth-order valence-corrected chi connectivity index (χ4v) is 4.49. The Morgan fingerprint density at radius 2 is 2.14 bits per heavy atom. The first-order valence-electron chi connectivity index (χ1n) is 6.49. The van der Waals surface area contributed by atoms with Crippen LogP contribution in [0.5, 0.6) is 0 Å². The number of hydrogen-bond donors (Lipinski definition) is 2.